The first-order valence-electron chi connectivity index (χ1n) is 20.1. The number of allylic oxidation sites excluding steroid dienone is 2. The SMILES string of the molecule is Cc1ccc2c(-c3ccccc3C(=O)[O-])c3ccc(=O)cc-3oc2c1.NC1C=CC(=O)C=C1.Nc1ccc(Oc2ccc3c(-c4ccccc4C(=O)[O-])c4ccc(=O)cc-4oc3c2)cc1. The van der Waals surface area contributed by atoms with Crippen molar-refractivity contribution in [1.29, 1.82) is 0 Å². The number of aryl methyl sites for hydroxylation is 1. The summed E-state index contributed by atoms with van der Waals surface area (Å²) < 4.78 is 17.8. The summed E-state index contributed by atoms with van der Waals surface area (Å²) in [4.78, 5) is 57.5. The summed E-state index contributed by atoms with van der Waals surface area (Å²) in [5, 5.41) is 24.8. The number of carbonyl (C=O) groups is 3. The average Bonchev–Trinajstić information content (AvgIpc) is 3.29. The fourth-order valence-electron chi connectivity index (χ4n) is 7.43. The van der Waals surface area contributed by atoms with Crippen molar-refractivity contribution >= 4 is 45.3 Å². The molecule has 5 aliphatic rings. The maximum Gasteiger partial charge on any atom is 0.182 e. The number of ketones is 1. The van der Waals surface area contributed by atoms with Gasteiger partial charge in [0.1, 0.15) is 34.2 Å². The molecule has 0 radical (unpaired) electrons. The third kappa shape index (κ3) is 9.33. The first-order valence-corrected chi connectivity index (χ1v) is 20.1. The summed E-state index contributed by atoms with van der Waals surface area (Å²) >= 11 is 0. The molecule has 0 amide bonds. The molecule has 0 spiro atoms. The molecule has 4 N–H and O–H groups in total. The highest BCUT2D eigenvalue weighted by Gasteiger charge is 2.21. The Morgan fingerprint density at radius 1 is 0.554 bits per heavy atom. The summed E-state index contributed by atoms with van der Waals surface area (Å²) in [7, 11) is 0. The Morgan fingerprint density at radius 2 is 1.03 bits per heavy atom. The summed E-state index contributed by atoms with van der Waals surface area (Å²) in [6, 6.07) is 40.2. The van der Waals surface area contributed by atoms with Crippen LogP contribution in [0.3, 0.4) is 0 Å². The van der Waals surface area contributed by atoms with Gasteiger partial charge in [0.25, 0.3) is 0 Å². The zero-order valence-corrected chi connectivity index (χ0v) is 34.5. The van der Waals surface area contributed by atoms with Gasteiger partial charge < -0.3 is 44.8 Å². The van der Waals surface area contributed by atoms with E-state index in [0.717, 1.165) is 16.5 Å². The van der Waals surface area contributed by atoms with Crippen LogP contribution >= 0.6 is 0 Å². The molecule has 12 heteroatoms. The van der Waals surface area contributed by atoms with Crippen molar-refractivity contribution in [3.8, 4) is 56.4 Å². The van der Waals surface area contributed by atoms with Crippen molar-refractivity contribution in [3.05, 3.63) is 207 Å². The molecule has 320 valence electrons. The van der Waals surface area contributed by atoms with E-state index in [0.29, 0.717) is 73.1 Å². The van der Waals surface area contributed by atoms with E-state index in [9.17, 15) is 34.2 Å². The van der Waals surface area contributed by atoms with E-state index in [1.54, 1.807) is 103 Å². The van der Waals surface area contributed by atoms with Gasteiger partial charge >= 0.3 is 0 Å². The molecule has 0 unspecified atom stereocenters. The van der Waals surface area contributed by atoms with Crippen LogP contribution in [0.5, 0.6) is 11.5 Å². The third-order valence-electron chi connectivity index (χ3n) is 10.4. The number of hydrogen-bond donors (Lipinski definition) is 2. The number of aromatic carboxylic acids is 2. The lowest BCUT2D eigenvalue weighted by Crippen LogP contribution is -2.23. The number of hydrogen-bond acceptors (Lipinski definition) is 12. The molecule has 5 aromatic carbocycles. The van der Waals surface area contributed by atoms with Crippen LogP contribution in [0.1, 0.15) is 26.3 Å². The molecular weight excluding hydrogens is 825 g/mol. The van der Waals surface area contributed by atoms with Crippen LogP contribution in [0.25, 0.3) is 66.8 Å². The molecular formula is C53H36N2O10-2. The lowest BCUT2D eigenvalue weighted by atomic mass is 9.90. The molecule has 0 saturated heterocycles. The lowest BCUT2D eigenvalue weighted by molar-refractivity contribution is -0.256. The second-order valence-electron chi connectivity index (χ2n) is 15.0. The normalized spacial score (nSPS) is 12.1. The average molecular weight is 861 g/mol. The highest BCUT2D eigenvalue weighted by Crippen LogP contribution is 2.43. The number of carboxylic acid groups (broad SMARTS) is 2. The standard InChI is InChI=1S/C26H17NO5.C21H14O4.C6H7NO/c27-15-5-8-17(9-6-15)31-18-10-12-22-24(14-18)32-23-13-16(28)7-11-21(23)25(22)19-3-1-2-4-20(19)26(29)30;1-12-6-8-16-18(10-12)25-19-11-13(22)7-9-17(19)20(16)14-4-2-3-5-15(14)21(23)24;7-5-1-3-6(8)4-2-5/h1-14H,27H2,(H,29,30);2-11H,1H3,(H,23,24);1-5H,7H2/p-2. The van der Waals surface area contributed by atoms with Crippen LogP contribution in [-0.4, -0.2) is 23.8 Å². The molecule has 0 fully saturated rings. The topological polar surface area (TPSA) is 219 Å². The van der Waals surface area contributed by atoms with Crippen molar-refractivity contribution in [3.63, 3.8) is 0 Å². The molecule has 10 rings (SSSR count). The Balaban J connectivity index is 0.000000155. The Hall–Kier alpha value is -8.87. The van der Waals surface area contributed by atoms with Crippen LogP contribution < -0.4 is 37.3 Å². The Bertz CT molecular complexity index is 3400. The van der Waals surface area contributed by atoms with E-state index in [2.05, 4.69) is 0 Å². The van der Waals surface area contributed by atoms with Crippen LogP contribution in [-0.2, 0) is 4.79 Å². The van der Waals surface area contributed by atoms with Crippen molar-refractivity contribution in [2.75, 3.05) is 5.73 Å². The highest BCUT2D eigenvalue weighted by molar-refractivity contribution is 6.08. The van der Waals surface area contributed by atoms with E-state index in [1.165, 1.54) is 48.6 Å². The number of rotatable bonds is 6. The smallest absolute Gasteiger partial charge is 0.182 e. The van der Waals surface area contributed by atoms with Crippen LogP contribution in [0.2, 0.25) is 0 Å². The molecule has 65 heavy (non-hydrogen) atoms. The zero-order valence-electron chi connectivity index (χ0n) is 34.5. The van der Waals surface area contributed by atoms with Gasteiger partial charge in [-0.25, -0.2) is 0 Å². The minimum atomic E-state index is -1.29. The van der Waals surface area contributed by atoms with Gasteiger partial charge in [-0.05, 0) is 102 Å². The zero-order chi connectivity index (χ0) is 45.8. The van der Waals surface area contributed by atoms with Crippen LogP contribution in [0.15, 0.2) is 188 Å². The molecule has 0 aromatic heterocycles. The Morgan fingerprint density at radius 3 is 1.54 bits per heavy atom. The minimum absolute atomic E-state index is 0.0201. The van der Waals surface area contributed by atoms with E-state index in [4.69, 9.17) is 25.0 Å². The third-order valence-corrected chi connectivity index (χ3v) is 10.4. The Labute approximate surface area is 370 Å². The van der Waals surface area contributed by atoms with Gasteiger partial charge in [-0.1, -0.05) is 72.8 Å². The quantitative estimate of drug-likeness (QED) is 0.122. The Kier molecular flexibility index (Phi) is 12.0. The largest absolute Gasteiger partial charge is 0.545 e. The molecule has 0 atom stereocenters. The van der Waals surface area contributed by atoms with Gasteiger partial charge in [0.2, 0.25) is 0 Å². The number of nitrogens with two attached hydrogens (primary N) is 2. The monoisotopic (exact) mass is 860 g/mol. The number of carboxylic acids is 2. The van der Waals surface area contributed by atoms with E-state index < -0.39 is 11.9 Å². The van der Waals surface area contributed by atoms with Gasteiger partial charge in [0.05, 0.1) is 11.9 Å². The first kappa shape index (κ1) is 42.8. The maximum absolute atomic E-state index is 12.0. The second kappa shape index (κ2) is 18.2. The van der Waals surface area contributed by atoms with Gasteiger partial charge in [-0.2, -0.15) is 0 Å². The molecule has 0 saturated carbocycles. The number of benzene rings is 7. The molecule has 2 heterocycles. The van der Waals surface area contributed by atoms with Gasteiger partial charge in [-0.3, -0.25) is 14.4 Å². The first-order chi connectivity index (χ1) is 31.3. The van der Waals surface area contributed by atoms with E-state index in [-0.39, 0.29) is 33.8 Å². The number of fused-ring (bicyclic) bond motifs is 4. The minimum Gasteiger partial charge on any atom is -0.545 e. The number of carbonyl (C=O) groups excluding carboxylic acids is 3. The molecule has 0 bridgehead atoms. The van der Waals surface area contributed by atoms with Crippen molar-refractivity contribution in [1.82, 2.24) is 0 Å². The van der Waals surface area contributed by atoms with Crippen molar-refractivity contribution in [2.24, 2.45) is 5.73 Å². The fourth-order valence-corrected chi connectivity index (χ4v) is 7.43. The predicted octanol–water partition coefficient (Wildman–Crippen LogP) is 7.55. The molecule has 5 aromatic rings. The molecule has 3 aliphatic carbocycles. The molecule has 2 aliphatic heterocycles. The van der Waals surface area contributed by atoms with Crippen LogP contribution in [0, 0.1) is 6.92 Å². The predicted molar refractivity (Wildman–Crippen MR) is 245 cm³/mol. The van der Waals surface area contributed by atoms with Crippen molar-refractivity contribution in [2.45, 2.75) is 13.0 Å². The van der Waals surface area contributed by atoms with Gasteiger partial charge in [0, 0.05) is 74.1 Å². The van der Waals surface area contributed by atoms with Crippen LogP contribution in [0.4, 0.5) is 5.69 Å². The van der Waals surface area contributed by atoms with E-state index in [1.807, 2.05) is 25.1 Å². The van der Waals surface area contributed by atoms with Gasteiger partial charge in [-0.15, -0.1) is 0 Å². The van der Waals surface area contributed by atoms with Gasteiger partial charge in [0.15, 0.2) is 16.6 Å². The summed E-state index contributed by atoms with van der Waals surface area (Å²) in [5.74, 6) is -0.624. The van der Waals surface area contributed by atoms with Crippen molar-refractivity contribution < 1.29 is 38.2 Å². The number of ether oxygens (including phenoxy) is 1. The second-order valence-corrected chi connectivity index (χ2v) is 15.0. The molecule has 12 nitrogen and oxygen atoms in total. The summed E-state index contributed by atoms with van der Waals surface area (Å²) in [5.41, 5.74) is 17.2. The maximum atomic E-state index is 12.0. The summed E-state index contributed by atoms with van der Waals surface area (Å²) in [6.45, 7) is 1.94. The lowest BCUT2D eigenvalue weighted by Gasteiger charge is -2.18. The summed E-state index contributed by atoms with van der Waals surface area (Å²) in [6.07, 6.45) is 6.29. The number of anilines is 1. The van der Waals surface area contributed by atoms with E-state index >= 15 is 0 Å². The number of nitrogen functional groups attached to an aromatic ring is 1. The highest BCUT2D eigenvalue weighted by atomic mass is 16.5. The fraction of sp³-hybridized carbons (Fsp3) is 0.0377.